The van der Waals surface area contributed by atoms with Crippen molar-refractivity contribution >= 4 is 44.5 Å². The number of hydrogen-bond donors (Lipinski definition) is 1. The zero-order valence-electron chi connectivity index (χ0n) is 12.5. The number of aryl methyl sites for hydroxylation is 1. The number of carbonyl (C=O) groups is 1. The first kappa shape index (κ1) is 15.4. The molecule has 3 rings (SSSR count). The molecule has 0 radical (unpaired) electrons. The number of fused-ring (bicyclic) bond motifs is 1. The predicted octanol–water partition coefficient (Wildman–Crippen LogP) is 3.61. The van der Waals surface area contributed by atoms with Gasteiger partial charge in [0.05, 0.1) is 6.61 Å². The fourth-order valence-corrected chi connectivity index (χ4v) is 2.59. The second-order valence-electron chi connectivity index (χ2n) is 4.74. The van der Waals surface area contributed by atoms with Crippen LogP contribution < -0.4 is 5.32 Å². The summed E-state index contributed by atoms with van der Waals surface area (Å²) in [4.78, 5) is 20.2. The Morgan fingerprint density at radius 3 is 2.96 bits per heavy atom. The SMILES string of the molecule is CCOC(=O)c1noc2ncnc(Nc3ccc(Br)cc3C)c12. The molecule has 0 amide bonds. The maximum absolute atomic E-state index is 12.0. The Labute approximate surface area is 140 Å². The number of anilines is 2. The highest BCUT2D eigenvalue weighted by Gasteiger charge is 2.22. The number of hydrogen-bond acceptors (Lipinski definition) is 7. The summed E-state index contributed by atoms with van der Waals surface area (Å²) < 4.78 is 11.1. The normalized spacial score (nSPS) is 10.7. The number of benzene rings is 1. The summed E-state index contributed by atoms with van der Waals surface area (Å²) in [5.41, 5.74) is 2.14. The highest BCUT2D eigenvalue weighted by molar-refractivity contribution is 9.10. The minimum absolute atomic E-state index is 0.0553. The summed E-state index contributed by atoms with van der Waals surface area (Å²) >= 11 is 3.42. The molecule has 0 spiro atoms. The van der Waals surface area contributed by atoms with Crippen LogP contribution in [0.4, 0.5) is 11.5 Å². The zero-order valence-corrected chi connectivity index (χ0v) is 14.0. The van der Waals surface area contributed by atoms with E-state index in [-0.39, 0.29) is 18.0 Å². The van der Waals surface area contributed by atoms with Crippen LogP contribution in [0, 0.1) is 6.92 Å². The molecule has 3 aromatic rings. The number of rotatable bonds is 4. The highest BCUT2D eigenvalue weighted by Crippen LogP contribution is 2.29. The molecule has 118 valence electrons. The molecular weight excluding hydrogens is 364 g/mol. The average molecular weight is 377 g/mol. The van der Waals surface area contributed by atoms with Crippen LogP contribution in [0.2, 0.25) is 0 Å². The molecule has 0 unspecified atom stereocenters. The predicted molar refractivity (Wildman–Crippen MR) is 87.7 cm³/mol. The molecule has 0 aliphatic rings. The topological polar surface area (TPSA) is 90.1 Å². The first-order valence-electron chi connectivity index (χ1n) is 6.90. The molecule has 2 heterocycles. The van der Waals surface area contributed by atoms with Crippen molar-refractivity contribution in [3.8, 4) is 0 Å². The van der Waals surface area contributed by atoms with Crippen molar-refractivity contribution in [2.24, 2.45) is 0 Å². The molecule has 0 atom stereocenters. The molecule has 0 saturated heterocycles. The van der Waals surface area contributed by atoms with Crippen LogP contribution in [-0.4, -0.2) is 27.7 Å². The van der Waals surface area contributed by atoms with Crippen molar-refractivity contribution in [1.82, 2.24) is 15.1 Å². The van der Waals surface area contributed by atoms with E-state index in [4.69, 9.17) is 9.26 Å². The Bertz CT molecular complexity index is 878. The van der Waals surface area contributed by atoms with Crippen molar-refractivity contribution in [2.75, 3.05) is 11.9 Å². The fourth-order valence-electron chi connectivity index (χ4n) is 2.12. The van der Waals surface area contributed by atoms with Crippen molar-refractivity contribution in [2.45, 2.75) is 13.8 Å². The van der Waals surface area contributed by atoms with E-state index in [9.17, 15) is 4.79 Å². The van der Waals surface area contributed by atoms with Gasteiger partial charge >= 0.3 is 5.97 Å². The van der Waals surface area contributed by atoms with Gasteiger partial charge in [-0.15, -0.1) is 0 Å². The lowest BCUT2D eigenvalue weighted by Gasteiger charge is -2.09. The maximum atomic E-state index is 12.0. The Kier molecular flexibility index (Phi) is 4.24. The van der Waals surface area contributed by atoms with Gasteiger partial charge in [-0.3, -0.25) is 0 Å². The summed E-state index contributed by atoms with van der Waals surface area (Å²) in [5, 5.41) is 7.34. The number of esters is 1. The van der Waals surface area contributed by atoms with Gasteiger partial charge in [0.25, 0.3) is 5.71 Å². The van der Waals surface area contributed by atoms with Gasteiger partial charge in [0.2, 0.25) is 5.69 Å². The third-order valence-corrected chi connectivity index (χ3v) is 3.68. The summed E-state index contributed by atoms with van der Waals surface area (Å²) in [6, 6.07) is 5.79. The van der Waals surface area contributed by atoms with Crippen molar-refractivity contribution in [3.63, 3.8) is 0 Å². The molecule has 23 heavy (non-hydrogen) atoms. The summed E-state index contributed by atoms with van der Waals surface area (Å²) in [5.74, 6) is -0.138. The number of halogens is 1. The van der Waals surface area contributed by atoms with Gasteiger partial charge in [0.15, 0.2) is 0 Å². The molecule has 0 fully saturated rings. The van der Waals surface area contributed by atoms with Crippen molar-refractivity contribution < 1.29 is 14.1 Å². The molecule has 2 aromatic heterocycles. The van der Waals surface area contributed by atoms with E-state index in [1.807, 2.05) is 25.1 Å². The number of ether oxygens (including phenoxy) is 1. The summed E-state index contributed by atoms with van der Waals surface area (Å²) in [7, 11) is 0. The average Bonchev–Trinajstić information content (AvgIpc) is 2.95. The van der Waals surface area contributed by atoms with E-state index in [2.05, 4.69) is 36.4 Å². The van der Waals surface area contributed by atoms with Crippen LogP contribution >= 0.6 is 15.9 Å². The van der Waals surface area contributed by atoms with Gasteiger partial charge in [-0.05, 0) is 37.6 Å². The van der Waals surface area contributed by atoms with Crippen molar-refractivity contribution in [1.29, 1.82) is 0 Å². The first-order valence-corrected chi connectivity index (χ1v) is 7.70. The van der Waals surface area contributed by atoms with E-state index in [0.29, 0.717) is 11.2 Å². The minimum Gasteiger partial charge on any atom is -0.461 e. The zero-order chi connectivity index (χ0) is 16.4. The van der Waals surface area contributed by atoms with E-state index < -0.39 is 5.97 Å². The number of aromatic nitrogens is 3. The standard InChI is InChI=1S/C15H13BrN4O3/c1-3-22-15(21)12-11-13(17-7-18-14(11)23-20-12)19-10-5-4-9(16)6-8(10)2/h4-7H,3H2,1-2H3,(H,17,18,19). The van der Waals surface area contributed by atoms with Crippen LogP contribution in [0.25, 0.3) is 11.1 Å². The Hall–Kier alpha value is -2.48. The molecule has 0 saturated carbocycles. The van der Waals surface area contributed by atoms with Gasteiger partial charge in [0.1, 0.15) is 17.5 Å². The van der Waals surface area contributed by atoms with Crippen LogP contribution in [0.3, 0.4) is 0 Å². The second kappa shape index (κ2) is 6.33. The monoisotopic (exact) mass is 376 g/mol. The molecule has 0 aliphatic heterocycles. The largest absolute Gasteiger partial charge is 0.461 e. The maximum Gasteiger partial charge on any atom is 0.361 e. The lowest BCUT2D eigenvalue weighted by atomic mass is 10.2. The second-order valence-corrected chi connectivity index (χ2v) is 5.65. The lowest BCUT2D eigenvalue weighted by molar-refractivity contribution is 0.0517. The number of nitrogens with one attached hydrogen (secondary N) is 1. The van der Waals surface area contributed by atoms with Gasteiger partial charge in [-0.2, -0.15) is 4.98 Å². The van der Waals surface area contributed by atoms with Crippen molar-refractivity contribution in [3.05, 3.63) is 40.3 Å². The first-order chi connectivity index (χ1) is 11.1. The smallest absolute Gasteiger partial charge is 0.361 e. The minimum atomic E-state index is -0.573. The molecule has 0 aliphatic carbocycles. The van der Waals surface area contributed by atoms with Gasteiger partial charge in [0, 0.05) is 10.2 Å². The third-order valence-electron chi connectivity index (χ3n) is 3.18. The van der Waals surface area contributed by atoms with Crippen LogP contribution in [0.1, 0.15) is 23.0 Å². The lowest BCUT2D eigenvalue weighted by Crippen LogP contribution is -2.07. The van der Waals surface area contributed by atoms with E-state index in [0.717, 1.165) is 15.7 Å². The van der Waals surface area contributed by atoms with Crippen LogP contribution in [-0.2, 0) is 4.74 Å². The highest BCUT2D eigenvalue weighted by atomic mass is 79.9. The molecule has 1 aromatic carbocycles. The van der Waals surface area contributed by atoms with E-state index >= 15 is 0 Å². The van der Waals surface area contributed by atoms with Crippen LogP contribution in [0.15, 0.2) is 33.5 Å². The fraction of sp³-hybridized carbons (Fsp3) is 0.200. The Morgan fingerprint density at radius 1 is 1.39 bits per heavy atom. The molecule has 7 nitrogen and oxygen atoms in total. The van der Waals surface area contributed by atoms with Gasteiger partial charge in [-0.25, -0.2) is 9.78 Å². The number of nitrogens with zero attached hydrogens (tertiary/aromatic N) is 3. The van der Waals surface area contributed by atoms with Gasteiger partial charge < -0.3 is 14.6 Å². The Morgan fingerprint density at radius 2 is 2.22 bits per heavy atom. The number of carbonyl (C=O) groups excluding carboxylic acids is 1. The van der Waals surface area contributed by atoms with E-state index in [1.54, 1.807) is 6.92 Å². The molecule has 0 bridgehead atoms. The van der Waals surface area contributed by atoms with Crippen LogP contribution in [0.5, 0.6) is 0 Å². The molecule has 1 N–H and O–H groups in total. The quantitative estimate of drug-likeness (QED) is 0.695. The summed E-state index contributed by atoms with van der Waals surface area (Å²) in [6.07, 6.45) is 1.35. The summed E-state index contributed by atoms with van der Waals surface area (Å²) in [6.45, 7) is 3.93. The van der Waals surface area contributed by atoms with Gasteiger partial charge in [-0.1, -0.05) is 21.1 Å². The molecule has 8 heteroatoms. The third kappa shape index (κ3) is 3.02. The molecular formula is C15H13BrN4O3. The van der Waals surface area contributed by atoms with E-state index in [1.165, 1.54) is 6.33 Å². The Balaban J connectivity index is 2.06.